The summed E-state index contributed by atoms with van der Waals surface area (Å²) in [6, 6.07) is 4.50. The van der Waals surface area contributed by atoms with Crippen LogP contribution in [0, 0.1) is 12.7 Å². The zero-order chi connectivity index (χ0) is 8.97. The van der Waals surface area contributed by atoms with Crippen LogP contribution in [0.3, 0.4) is 0 Å². The van der Waals surface area contributed by atoms with E-state index in [2.05, 4.69) is 5.32 Å². The van der Waals surface area contributed by atoms with Crippen LogP contribution < -0.4 is 5.32 Å². The number of benzene rings is 1. The standard InChI is InChI=1S/C9H10FNO/c1-7-4-9(10)3-2-8(7)5-11-6-12/h2-4,6H,5H2,1H3,(H,11,12). The van der Waals surface area contributed by atoms with Gasteiger partial charge in [-0.05, 0) is 30.2 Å². The average molecular weight is 167 g/mol. The Morgan fingerprint density at radius 3 is 2.92 bits per heavy atom. The number of amides is 1. The molecule has 2 nitrogen and oxygen atoms in total. The summed E-state index contributed by atoms with van der Waals surface area (Å²) in [7, 11) is 0. The van der Waals surface area contributed by atoms with Gasteiger partial charge in [0.2, 0.25) is 6.41 Å². The smallest absolute Gasteiger partial charge is 0.207 e. The Balaban J connectivity index is 2.78. The summed E-state index contributed by atoms with van der Waals surface area (Å²) in [6.07, 6.45) is 0.628. The van der Waals surface area contributed by atoms with Crippen molar-refractivity contribution in [3.8, 4) is 0 Å². The SMILES string of the molecule is Cc1cc(F)ccc1CNC=O. The molecule has 3 heteroatoms. The Morgan fingerprint density at radius 1 is 1.58 bits per heavy atom. The largest absolute Gasteiger partial charge is 0.355 e. The fraction of sp³-hybridized carbons (Fsp3) is 0.222. The molecule has 0 aromatic heterocycles. The summed E-state index contributed by atoms with van der Waals surface area (Å²) < 4.78 is 12.6. The lowest BCUT2D eigenvalue weighted by Crippen LogP contribution is -2.10. The molecule has 1 amide bonds. The first-order valence-corrected chi connectivity index (χ1v) is 3.66. The molecule has 0 heterocycles. The molecule has 1 N–H and O–H groups in total. The van der Waals surface area contributed by atoms with Crippen molar-refractivity contribution in [1.82, 2.24) is 5.32 Å². The fourth-order valence-corrected chi connectivity index (χ4v) is 1.01. The molecule has 0 saturated heterocycles. The molecule has 1 rings (SSSR count). The quantitative estimate of drug-likeness (QED) is 0.677. The number of rotatable bonds is 3. The monoisotopic (exact) mass is 167 g/mol. The van der Waals surface area contributed by atoms with E-state index in [9.17, 15) is 9.18 Å². The highest BCUT2D eigenvalue weighted by Crippen LogP contribution is 2.09. The maximum Gasteiger partial charge on any atom is 0.207 e. The van der Waals surface area contributed by atoms with Gasteiger partial charge >= 0.3 is 0 Å². The molecular formula is C9H10FNO. The first-order chi connectivity index (χ1) is 5.74. The minimum atomic E-state index is -0.248. The molecule has 0 radical (unpaired) electrons. The summed E-state index contributed by atoms with van der Waals surface area (Å²) in [4.78, 5) is 9.97. The number of halogens is 1. The Morgan fingerprint density at radius 2 is 2.33 bits per heavy atom. The Hall–Kier alpha value is -1.38. The van der Waals surface area contributed by atoms with Crippen LogP contribution in [-0.4, -0.2) is 6.41 Å². The van der Waals surface area contributed by atoms with Gasteiger partial charge in [0.25, 0.3) is 0 Å². The van der Waals surface area contributed by atoms with Crippen molar-refractivity contribution in [3.05, 3.63) is 35.1 Å². The van der Waals surface area contributed by atoms with Crippen molar-refractivity contribution in [1.29, 1.82) is 0 Å². The summed E-state index contributed by atoms with van der Waals surface area (Å²) in [6.45, 7) is 2.26. The van der Waals surface area contributed by atoms with E-state index < -0.39 is 0 Å². The Bertz CT molecular complexity index is 286. The van der Waals surface area contributed by atoms with Crippen molar-refractivity contribution < 1.29 is 9.18 Å². The highest BCUT2D eigenvalue weighted by molar-refractivity contribution is 5.46. The third-order valence-electron chi connectivity index (χ3n) is 1.68. The van der Waals surface area contributed by atoms with Gasteiger partial charge in [0.05, 0.1) is 0 Å². The molecule has 0 saturated carbocycles. The van der Waals surface area contributed by atoms with Gasteiger partial charge in [-0.1, -0.05) is 6.07 Å². The predicted molar refractivity (Wildman–Crippen MR) is 44.0 cm³/mol. The first-order valence-electron chi connectivity index (χ1n) is 3.66. The molecule has 0 spiro atoms. The highest BCUT2D eigenvalue weighted by atomic mass is 19.1. The lowest BCUT2D eigenvalue weighted by molar-refractivity contribution is -0.109. The van der Waals surface area contributed by atoms with Crippen molar-refractivity contribution in [3.63, 3.8) is 0 Å². The topological polar surface area (TPSA) is 29.1 Å². The van der Waals surface area contributed by atoms with Gasteiger partial charge in [0, 0.05) is 6.54 Å². The third-order valence-corrected chi connectivity index (χ3v) is 1.68. The normalized spacial score (nSPS) is 9.50. The molecule has 64 valence electrons. The van der Waals surface area contributed by atoms with E-state index in [0.717, 1.165) is 11.1 Å². The van der Waals surface area contributed by atoms with Crippen LogP contribution in [-0.2, 0) is 11.3 Å². The van der Waals surface area contributed by atoms with Gasteiger partial charge in [-0.3, -0.25) is 4.79 Å². The molecule has 12 heavy (non-hydrogen) atoms. The summed E-state index contributed by atoms with van der Waals surface area (Å²) in [5, 5.41) is 2.52. The van der Waals surface area contributed by atoms with E-state index in [0.29, 0.717) is 13.0 Å². The molecule has 0 bridgehead atoms. The molecule has 0 atom stereocenters. The van der Waals surface area contributed by atoms with E-state index in [1.165, 1.54) is 12.1 Å². The fourth-order valence-electron chi connectivity index (χ4n) is 1.01. The second kappa shape index (κ2) is 3.85. The van der Waals surface area contributed by atoms with E-state index in [1.54, 1.807) is 6.07 Å². The van der Waals surface area contributed by atoms with Gasteiger partial charge in [0.15, 0.2) is 0 Å². The third kappa shape index (κ3) is 2.05. The zero-order valence-corrected chi connectivity index (χ0v) is 6.80. The summed E-state index contributed by atoms with van der Waals surface area (Å²) in [5.74, 6) is -0.248. The second-order valence-corrected chi connectivity index (χ2v) is 2.57. The van der Waals surface area contributed by atoms with Crippen molar-refractivity contribution in [2.45, 2.75) is 13.5 Å². The van der Waals surface area contributed by atoms with E-state index in [-0.39, 0.29) is 5.82 Å². The minimum absolute atomic E-state index is 0.248. The molecule has 0 aliphatic carbocycles. The molecule has 0 aliphatic rings. The Labute approximate surface area is 70.4 Å². The van der Waals surface area contributed by atoms with Crippen LogP contribution in [0.4, 0.5) is 4.39 Å². The van der Waals surface area contributed by atoms with Crippen molar-refractivity contribution >= 4 is 6.41 Å². The number of aryl methyl sites for hydroxylation is 1. The van der Waals surface area contributed by atoms with Crippen LogP contribution in [0.15, 0.2) is 18.2 Å². The first kappa shape index (κ1) is 8.71. The molecule has 0 fully saturated rings. The zero-order valence-electron chi connectivity index (χ0n) is 6.80. The van der Waals surface area contributed by atoms with Gasteiger partial charge in [0.1, 0.15) is 5.82 Å². The highest BCUT2D eigenvalue weighted by Gasteiger charge is 1.97. The van der Waals surface area contributed by atoms with E-state index in [4.69, 9.17) is 0 Å². The molecular weight excluding hydrogens is 157 g/mol. The van der Waals surface area contributed by atoms with Crippen LogP contribution in [0.5, 0.6) is 0 Å². The van der Waals surface area contributed by atoms with E-state index >= 15 is 0 Å². The van der Waals surface area contributed by atoms with Crippen LogP contribution in [0.1, 0.15) is 11.1 Å². The van der Waals surface area contributed by atoms with Crippen molar-refractivity contribution in [2.75, 3.05) is 0 Å². The maximum absolute atomic E-state index is 12.6. The van der Waals surface area contributed by atoms with Crippen molar-refractivity contribution in [2.24, 2.45) is 0 Å². The van der Waals surface area contributed by atoms with Crippen LogP contribution >= 0.6 is 0 Å². The molecule has 0 unspecified atom stereocenters. The van der Waals surface area contributed by atoms with Crippen LogP contribution in [0.25, 0.3) is 0 Å². The maximum atomic E-state index is 12.6. The number of carbonyl (C=O) groups excluding carboxylic acids is 1. The second-order valence-electron chi connectivity index (χ2n) is 2.57. The van der Waals surface area contributed by atoms with Crippen LogP contribution in [0.2, 0.25) is 0 Å². The van der Waals surface area contributed by atoms with Gasteiger partial charge in [-0.25, -0.2) is 4.39 Å². The lowest BCUT2D eigenvalue weighted by atomic mass is 10.1. The lowest BCUT2D eigenvalue weighted by Gasteiger charge is -2.03. The molecule has 1 aromatic carbocycles. The number of hydrogen-bond acceptors (Lipinski definition) is 1. The number of hydrogen-bond donors (Lipinski definition) is 1. The number of nitrogens with one attached hydrogen (secondary N) is 1. The summed E-state index contributed by atoms with van der Waals surface area (Å²) >= 11 is 0. The van der Waals surface area contributed by atoms with E-state index in [1.807, 2.05) is 6.92 Å². The minimum Gasteiger partial charge on any atom is -0.355 e. The predicted octanol–water partition coefficient (Wildman–Crippen LogP) is 1.38. The molecule has 1 aromatic rings. The Kier molecular flexibility index (Phi) is 2.80. The molecule has 0 aliphatic heterocycles. The number of carbonyl (C=O) groups is 1. The van der Waals surface area contributed by atoms with Gasteiger partial charge in [-0.15, -0.1) is 0 Å². The summed E-state index contributed by atoms with van der Waals surface area (Å²) in [5.41, 5.74) is 1.79. The van der Waals surface area contributed by atoms with Gasteiger partial charge < -0.3 is 5.32 Å². The van der Waals surface area contributed by atoms with Gasteiger partial charge in [-0.2, -0.15) is 0 Å². The average Bonchev–Trinajstić information content (AvgIpc) is 2.03.